The van der Waals surface area contributed by atoms with Crippen molar-refractivity contribution >= 4 is 44.2 Å². The quantitative estimate of drug-likeness (QED) is 0.446. The van der Waals surface area contributed by atoms with Crippen LogP contribution in [0.5, 0.6) is 0 Å². The number of nitrogens with zero attached hydrogens (tertiary/aromatic N) is 2. The summed E-state index contributed by atoms with van der Waals surface area (Å²) in [6.45, 7) is 0. The van der Waals surface area contributed by atoms with Crippen LogP contribution in [-0.2, 0) is 0 Å². The molecule has 2 aromatic carbocycles. The second-order valence-electron chi connectivity index (χ2n) is 5.70. The van der Waals surface area contributed by atoms with Crippen LogP contribution in [0.4, 0.5) is 10.9 Å². The van der Waals surface area contributed by atoms with E-state index in [0.29, 0.717) is 0 Å². The van der Waals surface area contributed by atoms with Crippen molar-refractivity contribution in [2.45, 2.75) is 0 Å². The van der Waals surface area contributed by atoms with E-state index in [1.807, 2.05) is 60.0 Å². The first-order chi connectivity index (χ1) is 12.3. The molecule has 0 amide bonds. The van der Waals surface area contributed by atoms with Crippen molar-refractivity contribution < 1.29 is 4.42 Å². The van der Waals surface area contributed by atoms with Crippen LogP contribution in [0.25, 0.3) is 33.3 Å². The number of furan rings is 1. The predicted molar refractivity (Wildman–Crippen MR) is 102 cm³/mol. The highest BCUT2D eigenvalue weighted by Crippen LogP contribution is 2.31. The lowest BCUT2D eigenvalue weighted by Crippen LogP contribution is -1.93. The fourth-order valence-corrected chi connectivity index (χ4v) is 3.50. The molecule has 0 aliphatic carbocycles. The van der Waals surface area contributed by atoms with Gasteiger partial charge in [0, 0.05) is 16.2 Å². The van der Waals surface area contributed by atoms with E-state index in [2.05, 4.69) is 27.4 Å². The Kier molecular flexibility index (Phi) is 3.24. The van der Waals surface area contributed by atoms with Crippen molar-refractivity contribution in [2.24, 2.45) is 0 Å². The van der Waals surface area contributed by atoms with Crippen LogP contribution in [0.3, 0.4) is 0 Å². The summed E-state index contributed by atoms with van der Waals surface area (Å²) in [4.78, 5) is 9.24. The highest BCUT2D eigenvalue weighted by molar-refractivity contribution is 7.14. The summed E-state index contributed by atoms with van der Waals surface area (Å²) in [6.07, 6.45) is 0. The summed E-state index contributed by atoms with van der Waals surface area (Å²) >= 11 is 1.53. The zero-order valence-electron chi connectivity index (χ0n) is 13.1. The Labute approximate surface area is 147 Å². The molecular weight excluding hydrogens is 330 g/mol. The van der Waals surface area contributed by atoms with Crippen LogP contribution in [-0.4, -0.2) is 9.97 Å². The first kappa shape index (κ1) is 14.2. The first-order valence-electron chi connectivity index (χ1n) is 7.92. The Balaban J connectivity index is 1.45. The van der Waals surface area contributed by atoms with Crippen molar-refractivity contribution in [3.63, 3.8) is 0 Å². The largest absolute Gasteiger partial charge is 0.454 e. The molecular formula is C20H13N3OS. The van der Waals surface area contributed by atoms with E-state index < -0.39 is 0 Å². The number of pyridine rings is 1. The highest BCUT2D eigenvalue weighted by Gasteiger charge is 2.10. The third-order valence-corrected chi connectivity index (χ3v) is 4.77. The van der Waals surface area contributed by atoms with Gasteiger partial charge in [-0.25, -0.2) is 9.97 Å². The molecule has 0 fully saturated rings. The zero-order valence-corrected chi connectivity index (χ0v) is 14.0. The number of hydrogen-bond acceptors (Lipinski definition) is 5. The summed E-state index contributed by atoms with van der Waals surface area (Å²) in [6, 6.07) is 22.1. The van der Waals surface area contributed by atoms with Gasteiger partial charge in [0.25, 0.3) is 0 Å². The topological polar surface area (TPSA) is 51.0 Å². The van der Waals surface area contributed by atoms with Crippen LogP contribution in [0.15, 0.2) is 76.5 Å². The van der Waals surface area contributed by atoms with E-state index in [1.165, 1.54) is 11.3 Å². The molecule has 0 spiro atoms. The van der Waals surface area contributed by atoms with E-state index in [-0.39, 0.29) is 0 Å². The fourth-order valence-electron chi connectivity index (χ4n) is 2.80. The number of thiazole rings is 1. The van der Waals surface area contributed by atoms with E-state index in [1.54, 1.807) is 0 Å². The number of anilines is 2. The van der Waals surface area contributed by atoms with Crippen molar-refractivity contribution in [2.75, 3.05) is 5.32 Å². The number of fused-ring (bicyclic) bond motifs is 2. The van der Waals surface area contributed by atoms with Crippen LogP contribution in [0, 0.1) is 0 Å². The number of rotatable bonds is 3. The molecule has 0 radical (unpaired) electrons. The molecule has 5 aromatic rings. The summed E-state index contributed by atoms with van der Waals surface area (Å²) in [7, 11) is 0. The molecule has 1 N–H and O–H groups in total. The minimum absolute atomic E-state index is 0.775. The Morgan fingerprint density at radius 3 is 2.60 bits per heavy atom. The standard InChI is InChI=1S/C20H13N3OS/c1-3-7-15-13(5-1)9-10-19(21-15)23-20-22-16(12-25-20)18-11-14-6-2-4-8-17(14)24-18/h1-12H,(H,21,22,23). The predicted octanol–water partition coefficient (Wildman–Crippen LogP) is 5.85. The third-order valence-electron chi connectivity index (χ3n) is 4.02. The average molecular weight is 343 g/mol. The molecule has 25 heavy (non-hydrogen) atoms. The van der Waals surface area contributed by atoms with E-state index in [9.17, 15) is 0 Å². The lowest BCUT2D eigenvalue weighted by Gasteiger charge is -2.03. The lowest BCUT2D eigenvalue weighted by atomic mass is 10.2. The summed E-state index contributed by atoms with van der Waals surface area (Å²) in [5, 5.41) is 8.25. The molecule has 0 saturated carbocycles. The van der Waals surface area contributed by atoms with Gasteiger partial charge in [0.2, 0.25) is 0 Å². The van der Waals surface area contributed by atoms with E-state index in [0.717, 1.165) is 44.3 Å². The van der Waals surface area contributed by atoms with Crippen LogP contribution in [0.1, 0.15) is 0 Å². The summed E-state index contributed by atoms with van der Waals surface area (Å²) < 4.78 is 5.88. The molecule has 5 heteroatoms. The minimum atomic E-state index is 0.775. The normalized spacial score (nSPS) is 11.2. The van der Waals surface area contributed by atoms with Gasteiger partial charge in [-0.2, -0.15) is 0 Å². The lowest BCUT2D eigenvalue weighted by molar-refractivity contribution is 0.629. The fraction of sp³-hybridized carbons (Fsp3) is 0. The first-order valence-corrected chi connectivity index (χ1v) is 8.80. The average Bonchev–Trinajstić information content (AvgIpc) is 3.28. The molecule has 5 rings (SSSR count). The van der Waals surface area contributed by atoms with E-state index in [4.69, 9.17) is 4.42 Å². The van der Waals surface area contributed by atoms with Crippen molar-refractivity contribution in [3.8, 4) is 11.5 Å². The van der Waals surface area contributed by atoms with Gasteiger partial charge in [-0.15, -0.1) is 11.3 Å². The maximum absolute atomic E-state index is 5.88. The number of benzene rings is 2. The molecule has 120 valence electrons. The van der Waals surface area contributed by atoms with Crippen LogP contribution >= 0.6 is 11.3 Å². The minimum Gasteiger partial charge on any atom is -0.454 e. The van der Waals surface area contributed by atoms with Crippen molar-refractivity contribution in [3.05, 3.63) is 72.1 Å². The highest BCUT2D eigenvalue weighted by atomic mass is 32.1. The van der Waals surface area contributed by atoms with Gasteiger partial charge in [-0.1, -0.05) is 36.4 Å². The molecule has 0 aliphatic heterocycles. The summed E-state index contributed by atoms with van der Waals surface area (Å²) in [5.74, 6) is 1.56. The second-order valence-corrected chi connectivity index (χ2v) is 6.56. The molecule has 4 nitrogen and oxygen atoms in total. The van der Waals surface area contributed by atoms with Gasteiger partial charge < -0.3 is 9.73 Å². The Bertz CT molecular complexity index is 1160. The Hall–Kier alpha value is -3.18. The Morgan fingerprint density at radius 2 is 1.68 bits per heavy atom. The van der Waals surface area contributed by atoms with Crippen molar-refractivity contribution in [1.82, 2.24) is 9.97 Å². The zero-order chi connectivity index (χ0) is 16.6. The number of aromatic nitrogens is 2. The third kappa shape index (κ3) is 2.64. The maximum atomic E-state index is 5.88. The second kappa shape index (κ2) is 5.72. The molecule has 0 aliphatic rings. The van der Waals surface area contributed by atoms with E-state index >= 15 is 0 Å². The molecule has 0 unspecified atom stereocenters. The molecule has 3 heterocycles. The maximum Gasteiger partial charge on any atom is 0.188 e. The molecule has 0 saturated heterocycles. The van der Waals surface area contributed by atoms with Crippen LogP contribution < -0.4 is 5.32 Å². The molecule has 3 aromatic heterocycles. The van der Waals surface area contributed by atoms with Gasteiger partial charge in [0.15, 0.2) is 10.9 Å². The number of nitrogens with one attached hydrogen (secondary N) is 1. The number of para-hydroxylation sites is 2. The van der Waals surface area contributed by atoms with Gasteiger partial charge in [-0.05, 0) is 30.3 Å². The smallest absolute Gasteiger partial charge is 0.188 e. The van der Waals surface area contributed by atoms with Gasteiger partial charge in [-0.3, -0.25) is 0 Å². The number of hydrogen-bond donors (Lipinski definition) is 1. The Morgan fingerprint density at radius 1 is 0.840 bits per heavy atom. The monoisotopic (exact) mass is 343 g/mol. The molecule has 0 atom stereocenters. The summed E-state index contributed by atoms with van der Waals surface area (Å²) in [5.41, 5.74) is 2.65. The van der Waals surface area contributed by atoms with Gasteiger partial charge >= 0.3 is 0 Å². The van der Waals surface area contributed by atoms with Crippen LogP contribution in [0.2, 0.25) is 0 Å². The molecule has 0 bridgehead atoms. The van der Waals surface area contributed by atoms with Crippen molar-refractivity contribution in [1.29, 1.82) is 0 Å². The SMILES string of the molecule is c1ccc2nc(Nc3nc(-c4cc5ccccc5o4)cs3)ccc2c1. The van der Waals surface area contributed by atoms with Gasteiger partial charge in [0.1, 0.15) is 17.1 Å². The van der Waals surface area contributed by atoms with Gasteiger partial charge in [0.05, 0.1) is 5.52 Å².